The van der Waals surface area contributed by atoms with Crippen molar-refractivity contribution in [1.82, 2.24) is 18.7 Å². The molecule has 0 radical (unpaired) electrons. The molecule has 2 N–H and O–H groups in total. The van der Waals surface area contributed by atoms with Crippen molar-refractivity contribution in [2.45, 2.75) is 13.5 Å². The maximum Gasteiger partial charge on any atom is 0.332 e. The molecule has 31 heavy (non-hydrogen) atoms. The molecule has 0 fully saturated rings. The van der Waals surface area contributed by atoms with Crippen molar-refractivity contribution in [3.05, 3.63) is 79.0 Å². The lowest BCUT2D eigenvalue weighted by atomic mass is 10.1. The van der Waals surface area contributed by atoms with E-state index < -0.39 is 23.6 Å². The molecule has 4 rings (SSSR count). The predicted octanol–water partition coefficient (Wildman–Crippen LogP) is 1.30. The van der Waals surface area contributed by atoms with Crippen LogP contribution in [0.3, 0.4) is 0 Å². The SMILES string of the molecule is Cc1c(-c2ccccc2)sc2ncn(CC(=O)c3c(N)n(C)c(=O)n(C)c3=O)c(=O)c12. The summed E-state index contributed by atoms with van der Waals surface area (Å²) in [5.74, 6) is -0.911. The Bertz CT molecular complexity index is 1530. The normalized spacial score (nSPS) is 11.2. The molecular formula is C21H19N5O4S. The topological polar surface area (TPSA) is 122 Å². The number of aryl methyl sites for hydroxylation is 1. The third-order valence-corrected chi connectivity index (χ3v) is 6.50. The van der Waals surface area contributed by atoms with Gasteiger partial charge in [-0.05, 0) is 18.1 Å². The fourth-order valence-corrected chi connectivity index (χ4v) is 4.64. The number of aromatic nitrogens is 4. The summed E-state index contributed by atoms with van der Waals surface area (Å²) < 4.78 is 2.99. The smallest absolute Gasteiger partial charge is 0.332 e. The van der Waals surface area contributed by atoms with Crippen LogP contribution in [0.2, 0.25) is 0 Å². The van der Waals surface area contributed by atoms with Gasteiger partial charge in [-0.3, -0.25) is 28.1 Å². The second kappa shape index (κ2) is 7.47. The van der Waals surface area contributed by atoms with Gasteiger partial charge < -0.3 is 5.73 Å². The average molecular weight is 437 g/mol. The van der Waals surface area contributed by atoms with Crippen molar-refractivity contribution in [3.63, 3.8) is 0 Å². The Morgan fingerprint density at radius 2 is 1.74 bits per heavy atom. The molecule has 4 aromatic rings. The van der Waals surface area contributed by atoms with Crippen LogP contribution in [0.1, 0.15) is 15.9 Å². The molecule has 10 heteroatoms. The number of carbonyl (C=O) groups excluding carboxylic acids is 1. The molecule has 0 amide bonds. The molecule has 158 valence electrons. The number of hydrogen-bond acceptors (Lipinski definition) is 7. The van der Waals surface area contributed by atoms with Crippen molar-refractivity contribution in [2.75, 3.05) is 5.73 Å². The van der Waals surface area contributed by atoms with E-state index in [9.17, 15) is 19.2 Å². The quantitative estimate of drug-likeness (QED) is 0.480. The van der Waals surface area contributed by atoms with Gasteiger partial charge in [0.25, 0.3) is 11.1 Å². The number of anilines is 1. The first-order valence-electron chi connectivity index (χ1n) is 9.35. The van der Waals surface area contributed by atoms with E-state index in [-0.39, 0.29) is 16.9 Å². The van der Waals surface area contributed by atoms with Gasteiger partial charge >= 0.3 is 5.69 Å². The molecule has 0 spiro atoms. The monoisotopic (exact) mass is 437 g/mol. The van der Waals surface area contributed by atoms with Crippen LogP contribution in [0.15, 0.2) is 51.0 Å². The first-order valence-corrected chi connectivity index (χ1v) is 10.2. The fraction of sp³-hybridized carbons (Fsp3) is 0.190. The van der Waals surface area contributed by atoms with Gasteiger partial charge in [0.1, 0.15) is 16.2 Å². The summed E-state index contributed by atoms with van der Waals surface area (Å²) in [5, 5.41) is 0.431. The maximum atomic E-state index is 13.1. The molecule has 0 saturated carbocycles. The molecule has 1 aromatic carbocycles. The lowest BCUT2D eigenvalue weighted by Gasteiger charge is -2.11. The first-order chi connectivity index (χ1) is 14.7. The van der Waals surface area contributed by atoms with E-state index in [4.69, 9.17) is 5.73 Å². The van der Waals surface area contributed by atoms with Gasteiger partial charge in [-0.15, -0.1) is 11.3 Å². The predicted molar refractivity (Wildman–Crippen MR) is 120 cm³/mol. The third kappa shape index (κ3) is 3.21. The van der Waals surface area contributed by atoms with Crippen molar-refractivity contribution in [3.8, 4) is 10.4 Å². The van der Waals surface area contributed by atoms with E-state index in [2.05, 4.69) is 4.98 Å². The van der Waals surface area contributed by atoms with Gasteiger partial charge in [-0.25, -0.2) is 9.78 Å². The first kappa shape index (κ1) is 20.5. The van der Waals surface area contributed by atoms with Crippen LogP contribution >= 0.6 is 11.3 Å². The van der Waals surface area contributed by atoms with Crippen molar-refractivity contribution in [1.29, 1.82) is 0 Å². The molecule has 0 aliphatic carbocycles. The Kier molecular flexibility index (Phi) is 4.94. The van der Waals surface area contributed by atoms with E-state index in [1.54, 1.807) is 0 Å². The van der Waals surface area contributed by atoms with E-state index >= 15 is 0 Å². The Balaban J connectivity index is 1.81. The highest BCUT2D eigenvalue weighted by molar-refractivity contribution is 7.22. The zero-order valence-corrected chi connectivity index (χ0v) is 17.9. The van der Waals surface area contributed by atoms with E-state index in [0.717, 1.165) is 29.7 Å². The summed E-state index contributed by atoms with van der Waals surface area (Å²) in [6.45, 7) is 1.42. The lowest BCUT2D eigenvalue weighted by molar-refractivity contribution is 0.0968. The highest BCUT2D eigenvalue weighted by atomic mass is 32.1. The van der Waals surface area contributed by atoms with Crippen LogP contribution in [0.4, 0.5) is 5.82 Å². The zero-order chi connectivity index (χ0) is 22.4. The number of nitrogens with zero attached hydrogens (tertiary/aromatic N) is 4. The zero-order valence-electron chi connectivity index (χ0n) is 17.1. The number of hydrogen-bond donors (Lipinski definition) is 1. The fourth-order valence-electron chi connectivity index (χ4n) is 3.49. The molecule has 3 heterocycles. The number of nitrogen functional groups attached to an aromatic ring is 1. The number of carbonyl (C=O) groups is 1. The highest BCUT2D eigenvalue weighted by Gasteiger charge is 2.22. The molecule has 0 saturated heterocycles. The Labute approximate surface area is 179 Å². The Hall–Kier alpha value is -3.79. The number of fused-ring (bicyclic) bond motifs is 1. The summed E-state index contributed by atoms with van der Waals surface area (Å²) in [5.41, 5.74) is 5.47. The summed E-state index contributed by atoms with van der Waals surface area (Å²) in [4.78, 5) is 56.3. The number of thiophene rings is 1. The van der Waals surface area contributed by atoms with Gasteiger partial charge in [0.05, 0.1) is 18.3 Å². The van der Waals surface area contributed by atoms with Crippen molar-refractivity contribution in [2.24, 2.45) is 14.1 Å². The molecule has 3 aromatic heterocycles. The second-order valence-corrected chi connectivity index (χ2v) is 8.17. The van der Waals surface area contributed by atoms with E-state index in [1.807, 2.05) is 37.3 Å². The minimum absolute atomic E-state index is 0.238. The standard InChI is InChI=1S/C21H19N5O4S/c1-11-14-18(31-16(11)12-7-5-4-6-8-12)23-10-26(20(14)29)9-13(27)15-17(22)24(2)21(30)25(3)19(15)28/h4-8,10H,9,22H2,1-3H3. The van der Waals surface area contributed by atoms with E-state index in [0.29, 0.717) is 10.2 Å². The van der Waals surface area contributed by atoms with Gasteiger partial charge in [0, 0.05) is 19.0 Å². The number of Topliss-reactive ketones (excluding diaryl/α,β-unsaturated/α-hetero) is 1. The van der Waals surface area contributed by atoms with Crippen molar-refractivity contribution < 1.29 is 4.79 Å². The molecule has 9 nitrogen and oxygen atoms in total. The number of ketones is 1. The summed E-state index contributed by atoms with van der Waals surface area (Å²) >= 11 is 1.40. The highest BCUT2D eigenvalue weighted by Crippen LogP contribution is 2.35. The second-order valence-electron chi connectivity index (χ2n) is 7.17. The van der Waals surface area contributed by atoms with Gasteiger partial charge in [0.15, 0.2) is 5.78 Å². The average Bonchev–Trinajstić information content (AvgIpc) is 3.10. The van der Waals surface area contributed by atoms with Crippen LogP contribution in [0, 0.1) is 6.92 Å². The Morgan fingerprint density at radius 3 is 2.42 bits per heavy atom. The van der Waals surface area contributed by atoms with Crippen molar-refractivity contribution >= 4 is 33.2 Å². The molecule has 0 aliphatic heterocycles. The molecule has 0 unspecified atom stereocenters. The number of rotatable bonds is 4. The van der Waals surface area contributed by atoms with E-state index in [1.165, 1.54) is 31.8 Å². The number of benzene rings is 1. The minimum atomic E-state index is -0.800. The molecular weight excluding hydrogens is 418 g/mol. The van der Waals surface area contributed by atoms with Crippen LogP contribution in [0.5, 0.6) is 0 Å². The minimum Gasteiger partial charge on any atom is -0.384 e. The molecule has 0 aliphatic rings. The molecule has 0 atom stereocenters. The largest absolute Gasteiger partial charge is 0.384 e. The Morgan fingerprint density at radius 1 is 1.06 bits per heavy atom. The summed E-state index contributed by atoms with van der Waals surface area (Å²) in [6.07, 6.45) is 1.29. The van der Waals surface area contributed by atoms with Crippen LogP contribution in [-0.2, 0) is 20.6 Å². The number of nitrogens with two attached hydrogens (primary N) is 1. The van der Waals surface area contributed by atoms with Gasteiger partial charge in [-0.1, -0.05) is 30.3 Å². The van der Waals surface area contributed by atoms with Crippen LogP contribution < -0.4 is 22.5 Å². The van der Waals surface area contributed by atoms with Crippen LogP contribution in [0.25, 0.3) is 20.7 Å². The van der Waals surface area contributed by atoms with Gasteiger partial charge in [-0.2, -0.15) is 0 Å². The summed E-state index contributed by atoms with van der Waals surface area (Å²) in [6, 6.07) is 9.66. The maximum absolute atomic E-state index is 13.1. The third-order valence-electron chi connectivity index (χ3n) is 5.26. The molecule has 0 bridgehead atoms. The summed E-state index contributed by atoms with van der Waals surface area (Å²) in [7, 11) is 2.63. The van der Waals surface area contributed by atoms with Crippen LogP contribution in [-0.4, -0.2) is 24.5 Å². The van der Waals surface area contributed by atoms with Gasteiger partial charge in [0.2, 0.25) is 0 Å². The lowest BCUT2D eigenvalue weighted by Crippen LogP contribution is -2.42.